The number of thiocarbonyl (C=S) groups is 1. The smallest absolute Gasteiger partial charge is 0.338 e. The van der Waals surface area contributed by atoms with Gasteiger partial charge in [0.25, 0.3) is 5.91 Å². The van der Waals surface area contributed by atoms with Crippen molar-refractivity contribution in [2.75, 3.05) is 23.4 Å². The molecule has 0 radical (unpaired) electrons. The van der Waals surface area contributed by atoms with Gasteiger partial charge in [0.15, 0.2) is 5.11 Å². The number of ether oxygens (including phenoxy) is 1. The summed E-state index contributed by atoms with van der Waals surface area (Å²) in [5.41, 5.74) is 2.37. The van der Waals surface area contributed by atoms with Crippen LogP contribution in [0.1, 0.15) is 29.3 Å². The maximum absolute atomic E-state index is 13.5. The van der Waals surface area contributed by atoms with Crippen LogP contribution in [0.5, 0.6) is 0 Å². The van der Waals surface area contributed by atoms with Gasteiger partial charge in [-0.05, 0) is 79.7 Å². The summed E-state index contributed by atoms with van der Waals surface area (Å²) in [6.45, 7) is 2.42. The van der Waals surface area contributed by atoms with E-state index in [9.17, 15) is 18.8 Å². The molecular weight excluding hydrogens is 493 g/mol. The SMILES string of the molecule is CCOC(=O)c1ccc(NC(=O)C[C@H]2C(=O)N(c3ccc(F)cc3)C(=S)N2CCc2ccccc2)cc1. The Balaban J connectivity index is 1.50. The highest BCUT2D eigenvalue weighted by molar-refractivity contribution is 7.80. The summed E-state index contributed by atoms with van der Waals surface area (Å²) >= 11 is 5.65. The van der Waals surface area contributed by atoms with Gasteiger partial charge >= 0.3 is 5.97 Å². The van der Waals surface area contributed by atoms with Crippen LogP contribution in [0.4, 0.5) is 15.8 Å². The third kappa shape index (κ3) is 6.18. The Bertz CT molecular complexity index is 1280. The molecule has 3 aromatic carbocycles. The second-order valence-electron chi connectivity index (χ2n) is 8.43. The molecule has 4 rings (SSSR count). The molecule has 1 fully saturated rings. The van der Waals surface area contributed by atoms with Gasteiger partial charge in [-0.1, -0.05) is 30.3 Å². The summed E-state index contributed by atoms with van der Waals surface area (Å²) in [6, 6.07) is 20.8. The van der Waals surface area contributed by atoms with E-state index in [-0.39, 0.29) is 30.0 Å². The van der Waals surface area contributed by atoms with Crippen LogP contribution in [0, 0.1) is 5.82 Å². The minimum atomic E-state index is -0.819. The number of nitrogens with one attached hydrogen (secondary N) is 1. The van der Waals surface area contributed by atoms with Crippen molar-refractivity contribution >= 4 is 46.5 Å². The zero-order valence-electron chi connectivity index (χ0n) is 20.2. The van der Waals surface area contributed by atoms with Crippen LogP contribution < -0.4 is 10.2 Å². The van der Waals surface area contributed by atoms with Crippen molar-refractivity contribution in [3.63, 3.8) is 0 Å². The molecule has 0 aliphatic carbocycles. The number of rotatable bonds is 9. The predicted octanol–water partition coefficient (Wildman–Crippen LogP) is 4.58. The van der Waals surface area contributed by atoms with Crippen LogP contribution in [-0.4, -0.2) is 47.0 Å². The quantitative estimate of drug-likeness (QED) is 0.330. The molecule has 7 nitrogen and oxygen atoms in total. The van der Waals surface area contributed by atoms with E-state index >= 15 is 0 Å². The summed E-state index contributed by atoms with van der Waals surface area (Å²) < 4.78 is 18.5. The fourth-order valence-electron chi connectivity index (χ4n) is 4.10. The third-order valence-electron chi connectivity index (χ3n) is 5.95. The Hall–Kier alpha value is -4.11. The molecule has 1 aliphatic heterocycles. The second kappa shape index (κ2) is 11.7. The first-order valence-corrected chi connectivity index (χ1v) is 12.3. The van der Waals surface area contributed by atoms with E-state index in [1.807, 2.05) is 30.3 Å². The molecule has 0 bridgehead atoms. The maximum Gasteiger partial charge on any atom is 0.338 e. The fraction of sp³-hybridized carbons (Fsp3) is 0.214. The largest absolute Gasteiger partial charge is 0.462 e. The molecule has 37 heavy (non-hydrogen) atoms. The summed E-state index contributed by atoms with van der Waals surface area (Å²) in [5, 5.41) is 3.05. The average Bonchev–Trinajstić information content (AvgIpc) is 3.12. The Kier molecular flexibility index (Phi) is 8.25. The van der Waals surface area contributed by atoms with E-state index in [2.05, 4.69) is 5.32 Å². The number of hydrogen-bond donors (Lipinski definition) is 1. The second-order valence-corrected chi connectivity index (χ2v) is 8.79. The molecule has 1 atom stereocenters. The summed E-state index contributed by atoms with van der Waals surface area (Å²) in [7, 11) is 0. The lowest BCUT2D eigenvalue weighted by Gasteiger charge is -2.24. The lowest BCUT2D eigenvalue weighted by Crippen LogP contribution is -2.39. The lowest BCUT2D eigenvalue weighted by atomic mass is 10.1. The van der Waals surface area contributed by atoms with Crippen molar-refractivity contribution < 1.29 is 23.5 Å². The Morgan fingerprint density at radius 2 is 1.68 bits per heavy atom. The topological polar surface area (TPSA) is 78.9 Å². The van der Waals surface area contributed by atoms with Crippen LogP contribution in [0.2, 0.25) is 0 Å². The van der Waals surface area contributed by atoms with Gasteiger partial charge in [0.05, 0.1) is 24.3 Å². The molecule has 1 aliphatic rings. The van der Waals surface area contributed by atoms with Gasteiger partial charge in [-0.25, -0.2) is 9.18 Å². The average molecular weight is 520 g/mol. The first-order chi connectivity index (χ1) is 17.9. The molecule has 1 heterocycles. The third-order valence-corrected chi connectivity index (χ3v) is 6.36. The van der Waals surface area contributed by atoms with Crippen molar-refractivity contribution in [3.8, 4) is 0 Å². The van der Waals surface area contributed by atoms with E-state index in [4.69, 9.17) is 17.0 Å². The summed E-state index contributed by atoms with van der Waals surface area (Å²) in [4.78, 5) is 41.4. The Morgan fingerprint density at radius 3 is 2.32 bits per heavy atom. The number of carbonyl (C=O) groups is 3. The zero-order valence-corrected chi connectivity index (χ0v) is 21.0. The number of carbonyl (C=O) groups excluding carboxylic acids is 3. The molecule has 9 heteroatoms. The molecule has 1 N–H and O–H groups in total. The van der Waals surface area contributed by atoms with Crippen LogP contribution in [0.25, 0.3) is 0 Å². The molecule has 190 valence electrons. The molecule has 3 aromatic rings. The van der Waals surface area contributed by atoms with Crippen molar-refractivity contribution in [1.29, 1.82) is 0 Å². The van der Waals surface area contributed by atoms with Gasteiger partial charge < -0.3 is 15.0 Å². The lowest BCUT2D eigenvalue weighted by molar-refractivity contribution is -0.124. The number of hydrogen-bond acceptors (Lipinski definition) is 5. The number of benzene rings is 3. The number of halogens is 1. The van der Waals surface area contributed by atoms with E-state index in [0.29, 0.717) is 29.9 Å². The highest BCUT2D eigenvalue weighted by Crippen LogP contribution is 2.28. The van der Waals surface area contributed by atoms with Crippen LogP contribution >= 0.6 is 12.2 Å². The monoisotopic (exact) mass is 519 g/mol. The number of anilines is 2. The number of nitrogens with zero attached hydrogens (tertiary/aromatic N) is 2. The van der Waals surface area contributed by atoms with Crippen molar-refractivity contribution in [3.05, 3.63) is 95.8 Å². The highest BCUT2D eigenvalue weighted by atomic mass is 32.1. The summed E-state index contributed by atoms with van der Waals surface area (Å²) in [6.07, 6.45) is 0.490. The van der Waals surface area contributed by atoms with Gasteiger partial charge in [0.2, 0.25) is 5.91 Å². The van der Waals surface area contributed by atoms with Gasteiger partial charge in [-0.3, -0.25) is 14.5 Å². The van der Waals surface area contributed by atoms with E-state index in [1.165, 1.54) is 29.2 Å². The van der Waals surface area contributed by atoms with Crippen molar-refractivity contribution in [2.24, 2.45) is 0 Å². The number of amides is 2. The van der Waals surface area contributed by atoms with E-state index in [1.54, 1.807) is 36.1 Å². The molecular formula is C28H26FN3O4S. The molecule has 2 amide bonds. The Labute approximate surface area is 219 Å². The normalized spacial score (nSPS) is 15.1. The van der Waals surface area contributed by atoms with E-state index in [0.717, 1.165) is 5.56 Å². The summed E-state index contributed by atoms with van der Waals surface area (Å²) in [5.74, 6) is -1.60. The molecule has 1 saturated heterocycles. The van der Waals surface area contributed by atoms with Gasteiger partial charge in [-0.15, -0.1) is 0 Å². The van der Waals surface area contributed by atoms with Crippen molar-refractivity contribution in [1.82, 2.24) is 4.90 Å². The van der Waals surface area contributed by atoms with E-state index < -0.39 is 17.8 Å². The minimum absolute atomic E-state index is 0.134. The molecule has 0 saturated carbocycles. The molecule has 0 unspecified atom stereocenters. The van der Waals surface area contributed by atoms with Gasteiger partial charge in [-0.2, -0.15) is 0 Å². The maximum atomic E-state index is 13.5. The fourth-order valence-corrected chi connectivity index (χ4v) is 4.52. The van der Waals surface area contributed by atoms with Crippen LogP contribution in [-0.2, 0) is 20.7 Å². The van der Waals surface area contributed by atoms with Crippen LogP contribution in [0.15, 0.2) is 78.9 Å². The first kappa shape index (κ1) is 26.0. The number of esters is 1. The van der Waals surface area contributed by atoms with Gasteiger partial charge in [0, 0.05) is 12.2 Å². The molecule has 0 aromatic heterocycles. The van der Waals surface area contributed by atoms with Crippen molar-refractivity contribution in [2.45, 2.75) is 25.8 Å². The standard InChI is InChI=1S/C28H26FN3O4S/c1-2-36-27(35)20-8-12-22(13-9-20)30-25(33)18-24-26(34)32(23-14-10-21(29)11-15-23)28(37)31(24)17-16-19-6-4-3-5-7-19/h3-15,24H,2,16-18H2,1H3,(H,30,33)/t24-/m0/s1. The highest BCUT2D eigenvalue weighted by Gasteiger charge is 2.43. The first-order valence-electron chi connectivity index (χ1n) is 11.9. The Morgan fingerprint density at radius 1 is 1.00 bits per heavy atom. The van der Waals surface area contributed by atoms with Gasteiger partial charge in [0.1, 0.15) is 11.9 Å². The molecule has 0 spiro atoms. The predicted molar refractivity (Wildman–Crippen MR) is 143 cm³/mol. The zero-order chi connectivity index (χ0) is 26.4. The van der Waals surface area contributed by atoms with Crippen LogP contribution in [0.3, 0.4) is 0 Å². The minimum Gasteiger partial charge on any atom is -0.462 e.